The predicted molar refractivity (Wildman–Crippen MR) is 85.0 cm³/mol. The number of benzene rings is 1. The maximum Gasteiger partial charge on any atom is 0.292 e. The summed E-state index contributed by atoms with van der Waals surface area (Å²) < 4.78 is 5.10. The second-order valence-electron chi connectivity index (χ2n) is 4.47. The van der Waals surface area contributed by atoms with Gasteiger partial charge in [0.25, 0.3) is 5.69 Å². The lowest BCUT2D eigenvalue weighted by Crippen LogP contribution is -2.04. The Morgan fingerprint density at radius 1 is 1.30 bits per heavy atom. The molecule has 0 aromatic heterocycles. The molecule has 0 unspecified atom stereocenters. The van der Waals surface area contributed by atoms with Crippen molar-refractivity contribution in [2.45, 2.75) is 25.7 Å². The first-order chi connectivity index (χ1) is 9.69. The van der Waals surface area contributed by atoms with E-state index in [9.17, 15) is 10.1 Å². The van der Waals surface area contributed by atoms with E-state index >= 15 is 0 Å². The molecule has 0 saturated carbocycles. The first kappa shape index (κ1) is 16.6. The van der Waals surface area contributed by atoms with Crippen LogP contribution in [0.5, 0.6) is 5.75 Å². The molecule has 1 N–H and O–H groups in total. The molecule has 0 amide bonds. The van der Waals surface area contributed by atoms with Gasteiger partial charge in [0.1, 0.15) is 11.4 Å². The summed E-state index contributed by atoms with van der Waals surface area (Å²) in [6.07, 6.45) is 6.72. The van der Waals surface area contributed by atoms with E-state index < -0.39 is 0 Å². The molecule has 5 nitrogen and oxygen atoms in total. The highest BCUT2D eigenvalue weighted by Gasteiger charge is 2.13. The SMILES string of the molecule is COc1ccc([N+](=O)[O-])c(NCCCCCCSC)c1. The van der Waals surface area contributed by atoms with Crippen molar-refractivity contribution in [1.29, 1.82) is 0 Å². The smallest absolute Gasteiger partial charge is 0.292 e. The molecule has 0 saturated heterocycles. The van der Waals surface area contributed by atoms with Gasteiger partial charge < -0.3 is 10.1 Å². The molecular weight excluding hydrogens is 276 g/mol. The van der Waals surface area contributed by atoms with Crippen molar-refractivity contribution < 1.29 is 9.66 Å². The molecule has 0 spiro atoms. The van der Waals surface area contributed by atoms with Gasteiger partial charge in [-0.25, -0.2) is 0 Å². The van der Waals surface area contributed by atoms with Crippen LogP contribution in [0.25, 0.3) is 0 Å². The third-order valence-corrected chi connectivity index (χ3v) is 3.69. The van der Waals surface area contributed by atoms with Crippen LogP contribution in [0.4, 0.5) is 11.4 Å². The minimum atomic E-state index is -0.375. The topological polar surface area (TPSA) is 64.4 Å². The molecule has 6 heteroatoms. The van der Waals surface area contributed by atoms with Gasteiger partial charge >= 0.3 is 0 Å². The van der Waals surface area contributed by atoms with Crippen LogP contribution in [0.15, 0.2) is 18.2 Å². The molecule has 0 aliphatic heterocycles. The van der Waals surface area contributed by atoms with E-state index in [1.807, 2.05) is 11.8 Å². The van der Waals surface area contributed by atoms with Crippen LogP contribution in [0.2, 0.25) is 0 Å². The predicted octanol–water partition coefficient (Wildman–Crippen LogP) is 3.94. The van der Waals surface area contributed by atoms with Crippen molar-refractivity contribution in [2.75, 3.05) is 31.0 Å². The summed E-state index contributed by atoms with van der Waals surface area (Å²) in [7, 11) is 1.55. The number of anilines is 1. The van der Waals surface area contributed by atoms with Gasteiger partial charge in [0.15, 0.2) is 0 Å². The van der Waals surface area contributed by atoms with Crippen LogP contribution in [-0.2, 0) is 0 Å². The molecule has 1 rings (SSSR count). The second kappa shape index (κ2) is 9.47. The Kier molecular flexibility index (Phi) is 7.87. The number of thioether (sulfide) groups is 1. The van der Waals surface area contributed by atoms with Gasteiger partial charge in [0, 0.05) is 18.7 Å². The Morgan fingerprint density at radius 3 is 2.70 bits per heavy atom. The molecule has 0 fully saturated rings. The average molecular weight is 298 g/mol. The Bertz CT molecular complexity index is 427. The summed E-state index contributed by atoms with van der Waals surface area (Å²) in [6.45, 7) is 0.743. The van der Waals surface area contributed by atoms with Crippen LogP contribution in [-0.4, -0.2) is 30.6 Å². The van der Waals surface area contributed by atoms with Gasteiger partial charge in [-0.3, -0.25) is 10.1 Å². The number of methoxy groups -OCH3 is 1. The van der Waals surface area contributed by atoms with E-state index in [-0.39, 0.29) is 10.6 Å². The van der Waals surface area contributed by atoms with E-state index in [1.54, 1.807) is 19.2 Å². The molecule has 0 aliphatic carbocycles. The standard InChI is InChI=1S/C14H22N2O3S/c1-19-12-7-8-14(16(17)18)13(11-12)15-9-5-3-4-6-10-20-2/h7-8,11,15H,3-6,9-10H2,1-2H3. The second-order valence-corrected chi connectivity index (χ2v) is 5.46. The van der Waals surface area contributed by atoms with E-state index in [0.29, 0.717) is 11.4 Å². The monoisotopic (exact) mass is 298 g/mol. The average Bonchev–Trinajstić information content (AvgIpc) is 2.45. The van der Waals surface area contributed by atoms with Gasteiger partial charge in [-0.15, -0.1) is 0 Å². The first-order valence-electron chi connectivity index (χ1n) is 6.74. The summed E-state index contributed by atoms with van der Waals surface area (Å²) in [6, 6.07) is 4.75. The number of ether oxygens (including phenoxy) is 1. The molecule has 0 radical (unpaired) electrons. The highest BCUT2D eigenvalue weighted by Crippen LogP contribution is 2.28. The molecule has 112 valence electrons. The molecule has 1 aromatic carbocycles. The van der Waals surface area contributed by atoms with Gasteiger partial charge in [-0.1, -0.05) is 12.8 Å². The van der Waals surface area contributed by atoms with Crippen LogP contribution in [0, 0.1) is 10.1 Å². The number of nitrogens with zero attached hydrogens (tertiary/aromatic N) is 1. The fraction of sp³-hybridized carbons (Fsp3) is 0.571. The third-order valence-electron chi connectivity index (χ3n) is 2.99. The fourth-order valence-corrected chi connectivity index (χ4v) is 2.38. The Hall–Kier alpha value is -1.43. The highest BCUT2D eigenvalue weighted by atomic mass is 32.2. The van der Waals surface area contributed by atoms with Gasteiger partial charge in [0.05, 0.1) is 12.0 Å². The molecule has 0 heterocycles. The highest BCUT2D eigenvalue weighted by molar-refractivity contribution is 7.98. The van der Waals surface area contributed by atoms with Gasteiger partial charge in [-0.05, 0) is 30.9 Å². The largest absolute Gasteiger partial charge is 0.497 e. The summed E-state index contributed by atoms with van der Waals surface area (Å²) in [4.78, 5) is 10.6. The summed E-state index contributed by atoms with van der Waals surface area (Å²) in [5, 5.41) is 14.1. The number of hydrogen-bond acceptors (Lipinski definition) is 5. The van der Waals surface area contributed by atoms with Crippen molar-refractivity contribution in [1.82, 2.24) is 0 Å². The van der Waals surface area contributed by atoms with Crippen molar-refractivity contribution in [3.63, 3.8) is 0 Å². The van der Waals surface area contributed by atoms with Crippen molar-refractivity contribution in [3.05, 3.63) is 28.3 Å². The molecule has 20 heavy (non-hydrogen) atoms. The number of hydrogen-bond donors (Lipinski definition) is 1. The lowest BCUT2D eigenvalue weighted by molar-refractivity contribution is -0.384. The Labute approximate surface area is 124 Å². The van der Waals surface area contributed by atoms with E-state index in [4.69, 9.17) is 4.74 Å². The van der Waals surface area contributed by atoms with Crippen LogP contribution < -0.4 is 10.1 Å². The normalized spacial score (nSPS) is 10.3. The maximum atomic E-state index is 11.0. The third kappa shape index (κ3) is 5.69. The molecule has 0 atom stereocenters. The summed E-state index contributed by atoms with van der Waals surface area (Å²) >= 11 is 1.87. The number of nitro groups is 1. The molecular formula is C14H22N2O3S. The van der Waals surface area contributed by atoms with E-state index in [1.165, 1.54) is 24.7 Å². The first-order valence-corrected chi connectivity index (χ1v) is 8.13. The lowest BCUT2D eigenvalue weighted by Gasteiger charge is -2.08. The zero-order valence-corrected chi connectivity index (χ0v) is 12.9. The van der Waals surface area contributed by atoms with Crippen LogP contribution >= 0.6 is 11.8 Å². The maximum absolute atomic E-state index is 11.0. The van der Waals surface area contributed by atoms with Gasteiger partial charge in [-0.2, -0.15) is 11.8 Å². The lowest BCUT2D eigenvalue weighted by atomic mass is 10.2. The molecule has 0 aliphatic rings. The minimum absolute atomic E-state index is 0.0909. The number of nitro benzene ring substituents is 1. The summed E-state index contributed by atoms with van der Waals surface area (Å²) in [5.41, 5.74) is 0.617. The van der Waals surface area contributed by atoms with E-state index in [0.717, 1.165) is 19.4 Å². The van der Waals surface area contributed by atoms with E-state index in [2.05, 4.69) is 11.6 Å². The number of unbranched alkanes of at least 4 members (excludes halogenated alkanes) is 3. The zero-order chi connectivity index (χ0) is 14.8. The Morgan fingerprint density at radius 2 is 2.05 bits per heavy atom. The van der Waals surface area contributed by atoms with Crippen molar-refractivity contribution in [2.24, 2.45) is 0 Å². The number of nitrogens with one attached hydrogen (secondary N) is 1. The van der Waals surface area contributed by atoms with Crippen molar-refractivity contribution >= 4 is 23.1 Å². The Balaban J connectivity index is 2.43. The van der Waals surface area contributed by atoms with Crippen LogP contribution in [0.3, 0.4) is 0 Å². The van der Waals surface area contributed by atoms with Crippen molar-refractivity contribution in [3.8, 4) is 5.75 Å². The number of rotatable bonds is 10. The van der Waals surface area contributed by atoms with Gasteiger partial charge in [0.2, 0.25) is 0 Å². The van der Waals surface area contributed by atoms with Crippen LogP contribution in [0.1, 0.15) is 25.7 Å². The summed E-state index contributed by atoms with van der Waals surface area (Å²) in [5.74, 6) is 1.83. The molecule has 0 bridgehead atoms. The minimum Gasteiger partial charge on any atom is -0.497 e. The molecule has 1 aromatic rings. The fourth-order valence-electron chi connectivity index (χ4n) is 1.89. The quantitative estimate of drug-likeness (QED) is 0.402. The zero-order valence-electron chi connectivity index (χ0n) is 12.1.